The van der Waals surface area contributed by atoms with Crippen LogP contribution in [0, 0.1) is 0 Å². The molecule has 0 aliphatic carbocycles. The van der Waals surface area contributed by atoms with Crippen molar-refractivity contribution < 1.29 is 4.74 Å². The van der Waals surface area contributed by atoms with Crippen LogP contribution in [0.25, 0.3) is 0 Å². The Balaban J connectivity index is 1.96. The zero-order valence-electron chi connectivity index (χ0n) is 17.1. The highest BCUT2D eigenvalue weighted by molar-refractivity contribution is 5.79. The largest absolute Gasteiger partial charge is 0.496 e. The maximum absolute atomic E-state index is 5.44. The summed E-state index contributed by atoms with van der Waals surface area (Å²) in [5.74, 6) is 2.73. The van der Waals surface area contributed by atoms with Gasteiger partial charge >= 0.3 is 0 Å². The Bertz CT molecular complexity index is 726. The molecule has 2 rings (SSSR count). The Labute approximate surface area is 162 Å². The molecule has 1 aromatic heterocycles. The first-order valence-corrected chi connectivity index (χ1v) is 9.36. The van der Waals surface area contributed by atoms with Gasteiger partial charge in [-0.2, -0.15) is 0 Å². The highest BCUT2D eigenvalue weighted by Gasteiger charge is 2.10. The second-order valence-electron chi connectivity index (χ2n) is 6.27. The van der Waals surface area contributed by atoms with Gasteiger partial charge in [-0.15, -0.1) is 0 Å². The van der Waals surface area contributed by atoms with Crippen LogP contribution in [0.5, 0.6) is 5.75 Å². The van der Waals surface area contributed by atoms with E-state index in [1.807, 2.05) is 31.4 Å². The molecule has 146 valence electrons. The molecule has 0 fully saturated rings. The van der Waals surface area contributed by atoms with E-state index < -0.39 is 0 Å². The maximum Gasteiger partial charge on any atom is 0.193 e. The van der Waals surface area contributed by atoms with Gasteiger partial charge in [0.05, 0.1) is 7.11 Å². The van der Waals surface area contributed by atoms with E-state index in [0.29, 0.717) is 13.1 Å². The second-order valence-corrected chi connectivity index (χ2v) is 6.27. The Hall–Kier alpha value is -2.76. The van der Waals surface area contributed by atoms with E-state index in [-0.39, 0.29) is 0 Å². The van der Waals surface area contributed by atoms with Crippen LogP contribution in [0.1, 0.15) is 25.0 Å². The van der Waals surface area contributed by atoms with Gasteiger partial charge in [0.15, 0.2) is 5.96 Å². The highest BCUT2D eigenvalue weighted by atomic mass is 16.5. The van der Waals surface area contributed by atoms with Crippen LogP contribution in [0.4, 0.5) is 5.82 Å². The molecule has 0 unspecified atom stereocenters. The molecule has 0 amide bonds. The minimum Gasteiger partial charge on any atom is -0.496 e. The molecule has 0 saturated carbocycles. The average molecular weight is 370 g/mol. The summed E-state index contributed by atoms with van der Waals surface area (Å²) in [4.78, 5) is 13.3. The molecule has 1 N–H and O–H groups in total. The number of aromatic nitrogens is 1. The third kappa shape index (κ3) is 5.61. The summed E-state index contributed by atoms with van der Waals surface area (Å²) in [5, 5.41) is 3.40. The molecular formula is C21H31N5O. The fraction of sp³-hybridized carbons (Fsp3) is 0.429. The smallest absolute Gasteiger partial charge is 0.193 e. The van der Waals surface area contributed by atoms with Crippen molar-refractivity contribution in [2.24, 2.45) is 4.99 Å². The van der Waals surface area contributed by atoms with Crippen LogP contribution >= 0.6 is 0 Å². The second kappa shape index (κ2) is 10.4. The first kappa shape index (κ1) is 20.6. The lowest BCUT2D eigenvalue weighted by Gasteiger charge is -2.23. The lowest BCUT2D eigenvalue weighted by atomic mass is 10.2. The summed E-state index contributed by atoms with van der Waals surface area (Å²) in [5.41, 5.74) is 2.24. The summed E-state index contributed by atoms with van der Waals surface area (Å²) in [7, 11) is 5.51. The molecule has 6 heteroatoms. The SMILES string of the molecule is CCN(CC)c1ccc(CNC(=NC)N(C)Cc2ccccc2OC)cn1. The van der Waals surface area contributed by atoms with Crippen molar-refractivity contribution in [3.8, 4) is 5.75 Å². The van der Waals surface area contributed by atoms with E-state index in [4.69, 9.17) is 4.74 Å². The molecule has 0 saturated heterocycles. The Kier molecular flexibility index (Phi) is 7.92. The number of pyridine rings is 1. The van der Waals surface area contributed by atoms with Crippen molar-refractivity contribution in [3.05, 3.63) is 53.7 Å². The van der Waals surface area contributed by atoms with Gasteiger partial charge in [0.25, 0.3) is 0 Å². The molecular weight excluding hydrogens is 338 g/mol. The molecule has 0 spiro atoms. The summed E-state index contributed by atoms with van der Waals surface area (Å²) in [6.45, 7) is 7.59. The number of ether oxygens (including phenoxy) is 1. The molecule has 6 nitrogen and oxygen atoms in total. The Morgan fingerprint density at radius 2 is 1.89 bits per heavy atom. The molecule has 0 bridgehead atoms. The van der Waals surface area contributed by atoms with Gasteiger partial charge in [0, 0.05) is 52.0 Å². The molecule has 1 aromatic carbocycles. The van der Waals surface area contributed by atoms with Gasteiger partial charge in [-0.1, -0.05) is 24.3 Å². The van der Waals surface area contributed by atoms with Gasteiger partial charge < -0.3 is 19.9 Å². The number of anilines is 1. The normalized spacial score (nSPS) is 11.2. The van der Waals surface area contributed by atoms with Crippen LogP contribution in [0.15, 0.2) is 47.6 Å². The molecule has 27 heavy (non-hydrogen) atoms. The fourth-order valence-corrected chi connectivity index (χ4v) is 2.99. The average Bonchev–Trinajstić information content (AvgIpc) is 2.71. The first-order valence-electron chi connectivity index (χ1n) is 9.36. The third-order valence-corrected chi connectivity index (χ3v) is 4.52. The van der Waals surface area contributed by atoms with E-state index in [2.05, 4.69) is 57.1 Å². The molecule has 0 atom stereocenters. The monoisotopic (exact) mass is 369 g/mol. The fourth-order valence-electron chi connectivity index (χ4n) is 2.99. The quantitative estimate of drug-likeness (QED) is 0.572. The number of hydrogen-bond acceptors (Lipinski definition) is 4. The Morgan fingerprint density at radius 3 is 2.48 bits per heavy atom. The number of para-hydroxylation sites is 1. The molecule has 2 aromatic rings. The number of aliphatic imine (C=N–C) groups is 1. The van der Waals surface area contributed by atoms with Crippen LogP contribution in [0.3, 0.4) is 0 Å². The summed E-state index contributed by atoms with van der Waals surface area (Å²) < 4.78 is 5.44. The lowest BCUT2D eigenvalue weighted by molar-refractivity contribution is 0.396. The summed E-state index contributed by atoms with van der Waals surface area (Å²) >= 11 is 0. The van der Waals surface area contributed by atoms with Crippen molar-refractivity contribution in [1.82, 2.24) is 15.2 Å². The summed E-state index contributed by atoms with van der Waals surface area (Å²) in [6.07, 6.45) is 1.92. The highest BCUT2D eigenvalue weighted by Crippen LogP contribution is 2.18. The summed E-state index contributed by atoms with van der Waals surface area (Å²) in [6, 6.07) is 12.2. The molecule has 1 heterocycles. The van der Waals surface area contributed by atoms with Crippen molar-refractivity contribution in [2.75, 3.05) is 39.2 Å². The minimum absolute atomic E-state index is 0.675. The van der Waals surface area contributed by atoms with Gasteiger partial charge in [0.1, 0.15) is 11.6 Å². The number of hydrogen-bond donors (Lipinski definition) is 1. The van der Waals surface area contributed by atoms with Crippen molar-refractivity contribution in [3.63, 3.8) is 0 Å². The van der Waals surface area contributed by atoms with Crippen molar-refractivity contribution in [1.29, 1.82) is 0 Å². The molecule has 0 radical (unpaired) electrons. The topological polar surface area (TPSA) is 53.0 Å². The van der Waals surface area contributed by atoms with Gasteiger partial charge in [0.2, 0.25) is 0 Å². The maximum atomic E-state index is 5.44. The van der Waals surface area contributed by atoms with Crippen LogP contribution in [-0.2, 0) is 13.1 Å². The number of guanidine groups is 1. The van der Waals surface area contributed by atoms with Gasteiger partial charge in [-0.05, 0) is 31.5 Å². The van der Waals surface area contributed by atoms with E-state index in [1.165, 1.54) is 0 Å². The van der Waals surface area contributed by atoms with E-state index >= 15 is 0 Å². The zero-order valence-corrected chi connectivity index (χ0v) is 17.1. The van der Waals surface area contributed by atoms with Gasteiger partial charge in [-0.3, -0.25) is 4.99 Å². The van der Waals surface area contributed by atoms with E-state index in [1.54, 1.807) is 14.2 Å². The number of nitrogens with zero attached hydrogens (tertiary/aromatic N) is 4. The number of methoxy groups -OCH3 is 1. The third-order valence-electron chi connectivity index (χ3n) is 4.52. The van der Waals surface area contributed by atoms with Crippen LogP contribution in [-0.4, -0.2) is 50.1 Å². The van der Waals surface area contributed by atoms with E-state index in [0.717, 1.165) is 41.7 Å². The van der Waals surface area contributed by atoms with Crippen molar-refractivity contribution in [2.45, 2.75) is 26.9 Å². The van der Waals surface area contributed by atoms with E-state index in [9.17, 15) is 0 Å². The Morgan fingerprint density at radius 1 is 1.15 bits per heavy atom. The minimum atomic E-state index is 0.675. The van der Waals surface area contributed by atoms with Crippen LogP contribution < -0.4 is 15.0 Å². The van der Waals surface area contributed by atoms with Gasteiger partial charge in [-0.25, -0.2) is 4.98 Å². The molecule has 0 aliphatic rings. The standard InChI is InChI=1S/C21H31N5O/c1-6-26(7-2)20-13-12-17(14-23-20)15-24-21(22-3)25(4)16-18-10-8-9-11-19(18)27-5/h8-14H,6-7,15-16H2,1-5H3,(H,22,24). The predicted octanol–water partition coefficient (Wildman–Crippen LogP) is 3.14. The predicted molar refractivity (Wildman–Crippen MR) is 112 cm³/mol. The lowest BCUT2D eigenvalue weighted by Crippen LogP contribution is -2.38. The zero-order chi connectivity index (χ0) is 19.6. The number of benzene rings is 1. The van der Waals surface area contributed by atoms with Crippen molar-refractivity contribution >= 4 is 11.8 Å². The molecule has 0 aliphatic heterocycles. The number of rotatable bonds is 8. The van der Waals surface area contributed by atoms with Crippen LogP contribution in [0.2, 0.25) is 0 Å². The first-order chi connectivity index (χ1) is 13.1. The number of nitrogens with one attached hydrogen (secondary N) is 1.